The number of hydrogen-bond donors (Lipinski definition) is 2. The second kappa shape index (κ2) is 12.8. The van der Waals surface area contributed by atoms with Crippen molar-refractivity contribution in [2.24, 2.45) is 0 Å². The Morgan fingerprint density at radius 3 is 2.50 bits per heavy atom. The summed E-state index contributed by atoms with van der Waals surface area (Å²) in [6, 6.07) is 25.9. The molecule has 12 nitrogen and oxygen atoms in total. The van der Waals surface area contributed by atoms with Crippen molar-refractivity contribution in [2.45, 2.75) is 25.5 Å². The summed E-state index contributed by atoms with van der Waals surface area (Å²) in [5, 5.41) is 12.8. The minimum absolute atomic E-state index is 0.0655. The molecule has 4 aromatic carbocycles. The number of H-pyrrole nitrogens is 1. The number of aromatic nitrogens is 4. The van der Waals surface area contributed by atoms with E-state index in [0.717, 1.165) is 41.2 Å². The lowest BCUT2D eigenvalue weighted by molar-refractivity contribution is -0.131. The second-order valence-electron chi connectivity index (χ2n) is 11.1. The SMILES string of the molecule is COc1cc(C=CC(=O)O)ccc1OC(=O)c1cccc2nc(OC3CC3)n(Cc3ccc(-c4ccccc4-c4noc(=O)[nH]4)cc3)c12. The summed E-state index contributed by atoms with van der Waals surface area (Å²) in [5.74, 6) is -1.54. The molecule has 0 bridgehead atoms. The Hall–Kier alpha value is -6.43. The first kappa shape index (κ1) is 30.2. The lowest BCUT2D eigenvalue weighted by Gasteiger charge is -2.14. The maximum Gasteiger partial charge on any atom is 0.439 e. The molecule has 2 N–H and O–H groups in total. The fourth-order valence-corrected chi connectivity index (χ4v) is 5.35. The molecular formula is C36H28N4O8. The number of carbonyl (C=O) groups is 2. The Labute approximate surface area is 272 Å². The highest BCUT2D eigenvalue weighted by atomic mass is 16.6. The van der Waals surface area contributed by atoms with E-state index < -0.39 is 17.7 Å². The third-order valence-electron chi connectivity index (χ3n) is 7.78. The van der Waals surface area contributed by atoms with E-state index in [2.05, 4.69) is 10.1 Å². The van der Waals surface area contributed by atoms with Crippen molar-refractivity contribution in [2.75, 3.05) is 7.11 Å². The normalized spacial score (nSPS) is 12.8. The topological polar surface area (TPSA) is 159 Å². The van der Waals surface area contributed by atoms with Crippen LogP contribution in [0.5, 0.6) is 17.5 Å². The largest absolute Gasteiger partial charge is 0.493 e. The van der Waals surface area contributed by atoms with E-state index in [1.165, 1.54) is 13.2 Å². The summed E-state index contributed by atoms with van der Waals surface area (Å²) in [6.07, 6.45) is 4.36. The third-order valence-corrected chi connectivity index (χ3v) is 7.78. The minimum Gasteiger partial charge on any atom is -0.493 e. The number of aliphatic carboxylic acids is 1. The monoisotopic (exact) mass is 644 g/mol. The number of nitrogens with one attached hydrogen (secondary N) is 1. The smallest absolute Gasteiger partial charge is 0.439 e. The molecule has 1 aliphatic rings. The van der Waals surface area contributed by atoms with Crippen LogP contribution in [0, 0.1) is 0 Å². The van der Waals surface area contributed by atoms with E-state index in [-0.39, 0.29) is 23.2 Å². The maximum atomic E-state index is 13.7. The van der Waals surface area contributed by atoms with Crippen molar-refractivity contribution in [3.8, 4) is 40.0 Å². The molecule has 6 aromatic rings. The number of aromatic amines is 1. The Balaban J connectivity index is 1.21. The van der Waals surface area contributed by atoms with Crippen LogP contribution in [0.25, 0.3) is 39.6 Å². The Bertz CT molecular complexity index is 2240. The van der Waals surface area contributed by atoms with Gasteiger partial charge in [0.25, 0.3) is 6.01 Å². The van der Waals surface area contributed by atoms with E-state index in [1.54, 1.807) is 30.3 Å². The van der Waals surface area contributed by atoms with Crippen LogP contribution >= 0.6 is 0 Å². The zero-order valence-corrected chi connectivity index (χ0v) is 25.6. The van der Waals surface area contributed by atoms with Crippen LogP contribution in [0.1, 0.15) is 34.3 Å². The standard InChI is InChI=1S/C36H28N4O8/c1-45-30-19-21(12-18-31(41)42)11-17-29(30)47-34(43)27-7-4-8-28-32(27)40(35(37-28)46-24-15-16-24)20-22-9-13-23(14-10-22)25-5-2-3-6-26(25)33-38-36(44)48-39-33/h2-14,17-19,24H,15-16,20H2,1H3,(H,41,42)(H,38,39,44). The summed E-state index contributed by atoms with van der Waals surface area (Å²) in [5.41, 5.74) is 5.42. The highest BCUT2D eigenvalue weighted by molar-refractivity contribution is 6.03. The number of para-hydroxylation sites is 1. The Kier molecular flexibility index (Phi) is 8.03. The molecule has 48 heavy (non-hydrogen) atoms. The van der Waals surface area contributed by atoms with Crippen LogP contribution < -0.4 is 20.0 Å². The summed E-state index contributed by atoms with van der Waals surface area (Å²) < 4.78 is 24.0. The number of fused-ring (bicyclic) bond motifs is 1. The van der Waals surface area contributed by atoms with Gasteiger partial charge in [-0.15, -0.1) is 0 Å². The number of carboxylic acids is 1. The molecule has 12 heteroatoms. The number of hydrogen-bond acceptors (Lipinski definition) is 9. The predicted octanol–water partition coefficient (Wildman–Crippen LogP) is 5.96. The fraction of sp³-hybridized carbons (Fsp3) is 0.139. The molecule has 0 radical (unpaired) electrons. The van der Waals surface area contributed by atoms with Crippen LogP contribution in [0.4, 0.5) is 0 Å². The van der Waals surface area contributed by atoms with Gasteiger partial charge in [0.15, 0.2) is 17.3 Å². The van der Waals surface area contributed by atoms with Gasteiger partial charge in [0.2, 0.25) is 0 Å². The van der Waals surface area contributed by atoms with Crippen molar-refractivity contribution in [1.82, 2.24) is 19.7 Å². The van der Waals surface area contributed by atoms with E-state index in [4.69, 9.17) is 28.8 Å². The molecule has 1 aliphatic carbocycles. The first-order valence-corrected chi connectivity index (χ1v) is 15.1. The molecule has 1 saturated carbocycles. The van der Waals surface area contributed by atoms with Gasteiger partial charge in [-0.25, -0.2) is 14.4 Å². The number of carboxylic acid groups (broad SMARTS) is 1. The van der Waals surface area contributed by atoms with Gasteiger partial charge in [-0.2, -0.15) is 4.98 Å². The summed E-state index contributed by atoms with van der Waals surface area (Å²) in [4.78, 5) is 43.6. The van der Waals surface area contributed by atoms with Crippen LogP contribution in [-0.2, 0) is 11.3 Å². The molecule has 240 valence electrons. The molecule has 1 fully saturated rings. The lowest BCUT2D eigenvalue weighted by Crippen LogP contribution is -2.13. The number of ether oxygens (including phenoxy) is 3. The van der Waals surface area contributed by atoms with Gasteiger partial charge in [-0.05, 0) is 65.4 Å². The van der Waals surface area contributed by atoms with Crippen molar-refractivity contribution in [1.29, 1.82) is 0 Å². The van der Waals surface area contributed by atoms with Gasteiger partial charge in [-0.3, -0.25) is 14.1 Å². The van der Waals surface area contributed by atoms with Crippen molar-refractivity contribution in [3.63, 3.8) is 0 Å². The number of carbonyl (C=O) groups excluding carboxylic acids is 1. The number of imidazole rings is 1. The highest BCUT2D eigenvalue weighted by Gasteiger charge is 2.28. The van der Waals surface area contributed by atoms with Crippen LogP contribution in [0.15, 0.2) is 100 Å². The highest BCUT2D eigenvalue weighted by Crippen LogP contribution is 2.34. The Morgan fingerprint density at radius 1 is 1.00 bits per heavy atom. The predicted molar refractivity (Wildman–Crippen MR) is 175 cm³/mol. The van der Waals surface area contributed by atoms with Crippen LogP contribution in [0.3, 0.4) is 0 Å². The number of rotatable bonds is 11. The summed E-state index contributed by atoms with van der Waals surface area (Å²) in [6.45, 7) is 0.356. The molecule has 0 atom stereocenters. The van der Waals surface area contributed by atoms with E-state index in [9.17, 15) is 14.4 Å². The zero-order valence-electron chi connectivity index (χ0n) is 25.6. The minimum atomic E-state index is -1.08. The van der Waals surface area contributed by atoms with Gasteiger partial charge in [0.05, 0.1) is 30.3 Å². The quantitative estimate of drug-likeness (QED) is 0.0979. The van der Waals surface area contributed by atoms with Gasteiger partial charge in [0.1, 0.15) is 6.10 Å². The summed E-state index contributed by atoms with van der Waals surface area (Å²) >= 11 is 0. The van der Waals surface area contributed by atoms with Crippen molar-refractivity contribution >= 4 is 29.0 Å². The molecular weight excluding hydrogens is 616 g/mol. The molecule has 2 aromatic heterocycles. The zero-order chi connectivity index (χ0) is 33.2. The first-order valence-electron chi connectivity index (χ1n) is 15.1. The molecule has 0 amide bonds. The van der Waals surface area contributed by atoms with Crippen LogP contribution in [0.2, 0.25) is 0 Å². The van der Waals surface area contributed by atoms with Gasteiger partial charge in [0, 0.05) is 11.6 Å². The molecule has 0 aliphatic heterocycles. The average Bonchev–Trinajstić information content (AvgIpc) is 3.71. The first-order chi connectivity index (χ1) is 23.4. The van der Waals surface area contributed by atoms with E-state index in [1.807, 2.05) is 59.2 Å². The van der Waals surface area contributed by atoms with Crippen molar-refractivity contribution in [3.05, 3.63) is 118 Å². The molecule has 0 spiro atoms. The van der Waals surface area contributed by atoms with E-state index >= 15 is 0 Å². The summed E-state index contributed by atoms with van der Waals surface area (Å²) in [7, 11) is 1.44. The van der Waals surface area contributed by atoms with Crippen molar-refractivity contribution < 1.29 is 33.4 Å². The van der Waals surface area contributed by atoms with Gasteiger partial charge >= 0.3 is 17.7 Å². The number of methoxy groups -OCH3 is 1. The number of nitrogens with zero attached hydrogens (tertiary/aromatic N) is 3. The van der Waals surface area contributed by atoms with Crippen LogP contribution in [-0.4, -0.2) is 50.0 Å². The maximum absolute atomic E-state index is 13.7. The van der Waals surface area contributed by atoms with E-state index in [0.29, 0.717) is 35.0 Å². The number of esters is 1. The number of benzene rings is 4. The Morgan fingerprint density at radius 2 is 1.79 bits per heavy atom. The molecule has 0 unspecified atom stereocenters. The second-order valence-corrected chi connectivity index (χ2v) is 11.1. The molecule has 2 heterocycles. The average molecular weight is 645 g/mol. The molecule has 7 rings (SSSR count). The fourth-order valence-electron chi connectivity index (χ4n) is 5.35. The lowest BCUT2D eigenvalue weighted by atomic mass is 9.98. The van der Waals surface area contributed by atoms with Gasteiger partial charge in [-0.1, -0.05) is 65.8 Å². The van der Waals surface area contributed by atoms with Gasteiger partial charge < -0.3 is 19.3 Å². The molecule has 0 saturated heterocycles. The third kappa shape index (κ3) is 6.31.